The molecule has 5 rings (SSSR count). The second kappa shape index (κ2) is 10.3. The van der Waals surface area contributed by atoms with Crippen LogP contribution in [0.3, 0.4) is 0 Å². The maximum atomic E-state index is 13.8. The number of methoxy groups -OCH3 is 1. The molecule has 2 fully saturated rings. The number of rotatable bonds is 6. The number of carbonyl (C=O) groups is 1. The molecule has 0 N–H and O–H groups in total. The number of piperazine rings is 1. The molecule has 0 spiro atoms. The van der Waals surface area contributed by atoms with Crippen molar-refractivity contribution < 1.29 is 27.1 Å². The molecule has 1 aromatic carbocycles. The highest BCUT2D eigenvalue weighted by molar-refractivity contribution is 7.88. The van der Waals surface area contributed by atoms with Crippen LogP contribution >= 0.6 is 22.9 Å². The Hall–Kier alpha value is -2.55. The number of morpholine rings is 1. The molecular formula is C23H23ClFN5O5S2. The summed E-state index contributed by atoms with van der Waals surface area (Å²) in [5.41, 5.74) is 1.01. The van der Waals surface area contributed by atoms with E-state index in [2.05, 4.69) is 14.9 Å². The fourth-order valence-corrected chi connectivity index (χ4v) is 6.35. The van der Waals surface area contributed by atoms with Gasteiger partial charge in [-0.15, -0.1) is 11.3 Å². The molecule has 0 amide bonds. The molecule has 3 aromatic rings. The maximum Gasteiger partial charge on any atom is 0.342 e. The third-order valence-corrected chi connectivity index (χ3v) is 8.69. The van der Waals surface area contributed by atoms with E-state index in [1.165, 1.54) is 41.1 Å². The van der Waals surface area contributed by atoms with E-state index in [-0.39, 0.29) is 53.8 Å². The van der Waals surface area contributed by atoms with Crippen LogP contribution in [0.15, 0.2) is 29.8 Å². The van der Waals surface area contributed by atoms with Crippen LogP contribution in [-0.2, 0) is 26.0 Å². The summed E-state index contributed by atoms with van der Waals surface area (Å²) in [4.78, 5) is 28.8. The van der Waals surface area contributed by atoms with Crippen molar-refractivity contribution in [2.24, 2.45) is 0 Å². The van der Waals surface area contributed by atoms with Crippen molar-refractivity contribution in [2.75, 3.05) is 39.7 Å². The zero-order chi connectivity index (χ0) is 26.3. The van der Waals surface area contributed by atoms with Gasteiger partial charge in [-0.1, -0.05) is 11.6 Å². The molecule has 2 saturated heterocycles. The zero-order valence-electron chi connectivity index (χ0n) is 19.9. The number of benzene rings is 1. The normalized spacial score (nSPS) is 20.6. The van der Waals surface area contributed by atoms with E-state index >= 15 is 0 Å². The van der Waals surface area contributed by atoms with E-state index in [4.69, 9.17) is 26.1 Å². The van der Waals surface area contributed by atoms with Crippen molar-refractivity contribution in [2.45, 2.75) is 18.6 Å². The van der Waals surface area contributed by atoms with E-state index < -0.39 is 21.8 Å². The van der Waals surface area contributed by atoms with Crippen molar-refractivity contribution in [1.82, 2.24) is 24.2 Å². The van der Waals surface area contributed by atoms with Gasteiger partial charge in [-0.2, -0.15) is 4.31 Å². The highest BCUT2D eigenvalue weighted by Crippen LogP contribution is 2.35. The van der Waals surface area contributed by atoms with Crippen LogP contribution in [0.25, 0.3) is 22.1 Å². The lowest BCUT2D eigenvalue weighted by molar-refractivity contribution is -0.0862. The Morgan fingerprint density at radius 3 is 2.59 bits per heavy atom. The number of thiazole rings is 1. The van der Waals surface area contributed by atoms with Gasteiger partial charge in [0.1, 0.15) is 11.4 Å². The van der Waals surface area contributed by atoms with Crippen molar-refractivity contribution in [3.05, 3.63) is 51.9 Å². The van der Waals surface area contributed by atoms with Crippen molar-refractivity contribution in [3.63, 3.8) is 0 Å². The predicted octanol–water partition coefficient (Wildman–Crippen LogP) is 2.69. The first-order valence-electron chi connectivity index (χ1n) is 11.3. The largest absolute Gasteiger partial charge is 0.465 e. The highest BCUT2D eigenvalue weighted by Gasteiger charge is 2.42. The molecule has 4 heterocycles. The first kappa shape index (κ1) is 26.1. The quantitative estimate of drug-likeness (QED) is 0.415. The molecule has 196 valence electrons. The Kier molecular flexibility index (Phi) is 7.27. The number of hydrogen-bond donors (Lipinski definition) is 0. The van der Waals surface area contributed by atoms with Crippen molar-refractivity contribution >= 4 is 38.9 Å². The zero-order valence-corrected chi connectivity index (χ0v) is 22.3. The fraction of sp³-hybridized carbons (Fsp3) is 0.391. The summed E-state index contributed by atoms with van der Waals surface area (Å²) in [6, 6.07) is 3.34. The Bertz CT molecular complexity index is 1430. The van der Waals surface area contributed by atoms with E-state index in [1.807, 2.05) is 0 Å². The van der Waals surface area contributed by atoms with Gasteiger partial charge in [0.2, 0.25) is 10.0 Å². The number of sulfonamides is 1. The Labute approximate surface area is 222 Å². The molecular weight excluding hydrogens is 545 g/mol. The van der Waals surface area contributed by atoms with E-state index in [1.54, 1.807) is 11.6 Å². The molecule has 2 aromatic heterocycles. The third kappa shape index (κ3) is 5.24. The molecule has 0 radical (unpaired) electrons. The van der Waals surface area contributed by atoms with Gasteiger partial charge in [0, 0.05) is 48.9 Å². The molecule has 2 aliphatic rings. The standard InChI is InChI=1S/C23H23ClFN5O5S2/c1-34-23(31)19-18(10-30-14-8-29(37(2,32)33)9-15(30)12-35-11-14)27-21(22-26-5-6-36-22)28-20(19)16-4-3-13(25)7-17(16)24/h3-7,14-15H,8-12H2,1-2H3/t14-,15?/m1/s1. The van der Waals surface area contributed by atoms with Crippen LogP contribution in [0.2, 0.25) is 5.02 Å². The van der Waals surface area contributed by atoms with Gasteiger partial charge in [-0.05, 0) is 18.2 Å². The van der Waals surface area contributed by atoms with Crippen LogP contribution in [-0.4, -0.2) is 90.3 Å². The lowest BCUT2D eigenvalue weighted by atomic mass is 10.0. The van der Waals surface area contributed by atoms with Gasteiger partial charge in [0.05, 0.1) is 43.0 Å². The minimum Gasteiger partial charge on any atom is -0.465 e. The molecule has 37 heavy (non-hydrogen) atoms. The number of nitrogens with zero attached hydrogens (tertiary/aromatic N) is 5. The summed E-state index contributed by atoms with van der Waals surface area (Å²) < 4.78 is 50.6. The van der Waals surface area contributed by atoms with Crippen LogP contribution in [0, 0.1) is 5.82 Å². The minimum absolute atomic E-state index is 0.0759. The number of fused-ring (bicyclic) bond motifs is 2. The second-order valence-corrected chi connectivity index (χ2v) is 12.1. The summed E-state index contributed by atoms with van der Waals surface area (Å²) in [6.07, 6.45) is 2.81. The van der Waals surface area contributed by atoms with Gasteiger partial charge in [-0.25, -0.2) is 32.6 Å². The minimum atomic E-state index is -3.38. The van der Waals surface area contributed by atoms with E-state index in [0.717, 1.165) is 6.07 Å². The second-order valence-electron chi connectivity index (χ2n) is 8.77. The van der Waals surface area contributed by atoms with Gasteiger partial charge in [-0.3, -0.25) is 4.90 Å². The molecule has 0 aliphatic carbocycles. The SMILES string of the molecule is COC(=O)c1c(CN2C3COC[C@H]2CN(S(C)(=O)=O)C3)nc(-c2nccs2)nc1-c1ccc(F)cc1Cl. The monoisotopic (exact) mass is 567 g/mol. The number of hydrogen-bond acceptors (Lipinski definition) is 10. The molecule has 0 saturated carbocycles. The Balaban J connectivity index is 1.64. The number of halogens is 2. The summed E-state index contributed by atoms with van der Waals surface area (Å²) >= 11 is 7.72. The summed E-state index contributed by atoms with van der Waals surface area (Å²) in [5.74, 6) is -0.921. The first-order valence-corrected chi connectivity index (χ1v) is 14.4. The van der Waals surface area contributed by atoms with Crippen LogP contribution in [0.1, 0.15) is 16.1 Å². The Morgan fingerprint density at radius 1 is 1.27 bits per heavy atom. The number of aromatic nitrogens is 3. The maximum absolute atomic E-state index is 13.8. The topological polar surface area (TPSA) is 115 Å². The molecule has 10 nitrogen and oxygen atoms in total. The predicted molar refractivity (Wildman–Crippen MR) is 135 cm³/mol. The first-order chi connectivity index (χ1) is 17.7. The van der Waals surface area contributed by atoms with Crippen LogP contribution in [0.5, 0.6) is 0 Å². The van der Waals surface area contributed by atoms with Gasteiger partial charge < -0.3 is 9.47 Å². The molecule has 1 unspecified atom stereocenters. The Morgan fingerprint density at radius 2 is 2.00 bits per heavy atom. The van der Waals surface area contributed by atoms with Crippen molar-refractivity contribution in [3.8, 4) is 22.1 Å². The van der Waals surface area contributed by atoms with E-state index in [9.17, 15) is 17.6 Å². The number of ether oxygens (including phenoxy) is 2. The molecule has 2 bridgehead atoms. The third-order valence-electron chi connectivity index (χ3n) is 6.37. The summed E-state index contributed by atoms with van der Waals surface area (Å²) in [6.45, 7) is 1.37. The lowest BCUT2D eigenvalue weighted by Crippen LogP contribution is -2.64. The number of carbonyl (C=O) groups excluding carboxylic acids is 1. The lowest BCUT2D eigenvalue weighted by Gasteiger charge is -2.48. The number of esters is 1. The molecule has 2 atom stereocenters. The smallest absolute Gasteiger partial charge is 0.342 e. The van der Waals surface area contributed by atoms with Crippen molar-refractivity contribution in [1.29, 1.82) is 0 Å². The average Bonchev–Trinajstić information content (AvgIpc) is 3.37. The van der Waals surface area contributed by atoms with Gasteiger partial charge in [0.15, 0.2) is 10.8 Å². The average molecular weight is 568 g/mol. The molecule has 2 aliphatic heterocycles. The van der Waals surface area contributed by atoms with Crippen LogP contribution in [0.4, 0.5) is 4.39 Å². The van der Waals surface area contributed by atoms with Gasteiger partial charge in [0.25, 0.3) is 0 Å². The van der Waals surface area contributed by atoms with Crippen LogP contribution < -0.4 is 0 Å². The summed E-state index contributed by atoms with van der Waals surface area (Å²) in [7, 11) is -2.12. The fourth-order valence-electron chi connectivity index (χ4n) is 4.64. The molecule has 14 heteroatoms. The highest BCUT2D eigenvalue weighted by atomic mass is 35.5. The summed E-state index contributed by atoms with van der Waals surface area (Å²) in [5, 5.41) is 2.39. The van der Waals surface area contributed by atoms with E-state index in [0.29, 0.717) is 29.5 Å². The van der Waals surface area contributed by atoms with Gasteiger partial charge >= 0.3 is 5.97 Å².